The van der Waals surface area contributed by atoms with Gasteiger partial charge in [0.1, 0.15) is 5.75 Å². The number of nitrogens with one attached hydrogen (secondary N) is 1. The van der Waals surface area contributed by atoms with Gasteiger partial charge in [0.25, 0.3) is 0 Å². The molecule has 0 saturated carbocycles. The molecular formula is C12H17NOS. The first-order chi connectivity index (χ1) is 7.20. The van der Waals surface area contributed by atoms with Crippen molar-refractivity contribution in [3.05, 3.63) is 18.2 Å². The number of benzene rings is 1. The van der Waals surface area contributed by atoms with Gasteiger partial charge in [-0.25, -0.2) is 0 Å². The molecule has 15 heavy (non-hydrogen) atoms. The lowest BCUT2D eigenvalue weighted by molar-refractivity contribution is 0.413. The molecule has 0 saturated heterocycles. The van der Waals surface area contributed by atoms with E-state index in [0.717, 1.165) is 12.3 Å². The highest BCUT2D eigenvalue weighted by Gasteiger charge is 2.21. The number of anilines is 1. The zero-order valence-corrected chi connectivity index (χ0v) is 10.2. The van der Waals surface area contributed by atoms with Gasteiger partial charge in [0.2, 0.25) is 0 Å². The molecule has 1 unspecified atom stereocenters. The summed E-state index contributed by atoms with van der Waals surface area (Å²) in [5, 5.41) is 4.13. The molecule has 2 nitrogen and oxygen atoms in total. The van der Waals surface area contributed by atoms with Gasteiger partial charge in [-0.05, 0) is 24.1 Å². The number of thioether (sulfide) groups is 1. The highest BCUT2D eigenvalue weighted by molar-refractivity contribution is 8.00. The third-order valence-electron chi connectivity index (χ3n) is 2.70. The molecule has 0 amide bonds. The highest BCUT2D eigenvalue weighted by atomic mass is 32.2. The molecule has 82 valence electrons. The smallest absolute Gasteiger partial charge is 0.120 e. The summed E-state index contributed by atoms with van der Waals surface area (Å²) in [5.41, 5.74) is 1.23. The van der Waals surface area contributed by atoms with Crippen molar-refractivity contribution in [2.75, 3.05) is 19.0 Å². The Kier molecular flexibility index (Phi) is 3.10. The minimum atomic E-state index is 0.657. The second-order valence-corrected chi connectivity index (χ2v) is 5.42. The molecule has 0 bridgehead atoms. The van der Waals surface area contributed by atoms with Crippen LogP contribution in [0.2, 0.25) is 0 Å². The molecule has 0 spiro atoms. The van der Waals surface area contributed by atoms with Crippen molar-refractivity contribution in [3.63, 3.8) is 0 Å². The topological polar surface area (TPSA) is 21.3 Å². The summed E-state index contributed by atoms with van der Waals surface area (Å²) in [6, 6.07) is 6.21. The summed E-state index contributed by atoms with van der Waals surface area (Å²) in [5.74, 6) is 1.63. The van der Waals surface area contributed by atoms with Crippen LogP contribution in [0.3, 0.4) is 0 Å². The van der Waals surface area contributed by atoms with Crippen LogP contribution in [0.4, 0.5) is 5.69 Å². The average molecular weight is 223 g/mol. The Balaban J connectivity index is 2.23. The SMILES string of the molecule is COc1ccc2c(c1)SC(C(C)C)CN2. The third kappa shape index (κ3) is 2.23. The molecule has 1 N–H and O–H groups in total. The quantitative estimate of drug-likeness (QED) is 0.831. The predicted octanol–water partition coefficient (Wildman–Crippen LogP) is 3.24. The number of hydrogen-bond acceptors (Lipinski definition) is 3. The van der Waals surface area contributed by atoms with E-state index in [-0.39, 0.29) is 0 Å². The number of fused-ring (bicyclic) bond motifs is 1. The van der Waals surface area contributed by atoms with E-state index in [4.69, 9.17) is 4.74 Å². The van der Waals surface area contributed by atoms with Gasteiger partial charge in [-0.15, -0.1) is 11.8 Å². The Labute approximate surface area is 95.4 Å². The molecule has 1 aliphatic heterocycles. The summed E-state index contributed by atoms with van der Waals surface area (Å²) >= 11 is 1.95. The van der Waals surface area contributed by atoms with Crippen molar-refractivity contribution in [1.82, 2.24) is 0 Å². The van der Waals surface area contributed by atoms with E-state index in [9.17, 15) is 0 Å². The molecule has 2 rings (SSSR count). The van der Waals surface area contributed by atoms with Gasteiger partial charge < -0.3 is 10.1 Å². The van der Waals surface area contributed by atoms with Crippen LogP contribution in [0, 0.1) is 5.92 Å². The first-order valence-corrected chi connectivity index (χ1v) is 6.17. The van der Waals surface area contributed by atoms with Crippen LogP contribution in [0.15, 0.2) is 23.1 Å². The van der Waals surface area contributed by atoms with Crippen molar-refractivity contribution in [1.29, 1.82) is 0 Å². The van der Waals surface area contributed by atoms with E-state index >= 15 is 0 Å². The van der Waals surface area contributed by atoms with Gasteiger partial charge in [0.15, 0.2) is 0 Å². The number of ether oxygens (including phenoxy) is 1. The van der Waals surface area contributed by atoms with Gasteiger partial charge >= 0.3 is 0 Å². The van der Waals surface area contributed by atoms with Crippen LogP contribution in [-0.4, -0.2) is 18.9 Å². The van der Waals surface area contributed by atoms with Crippen molar-refractivity contribution in [2.24, 2.45) is 5.92 Å². The molecule has 0 radical (unpaired) electrons. The molecule has 0 fully saturated rings. The largest absolute Gasteiger partial charge is 0.497 e. The summed E-state index contributed by atoms with van der Waals surface area (Å²) in [7, 11) is 1.71. The maximum Gasteiger partial charge on any atom is 0.120 e. The summed E-state index contributed by atoms with van der Waals surface area (Å²) in [6.07, 6.45) is 0. The van der Waals surface area contributed by atoms with Crippen molar-refractivity contribution >= 4 is 17.4 Å². The van der Waals surface area contributed by atoms with Crippen LogP contribution in [0.25, 0.3) is 0 Å². The first kappa shape index (κ1) is 10.7. The first-order valence-electron chi connectivity index (χ1n) is 5.29. The van der Waals surface area contributed by atoms with Gasteiger partial charge in [-0.3, -0.25) is 0 Å². The summed E-state index contributed by atoms with van der Waals surface area (Å²) in [6.45, 7) is 5.59. The zero-order chi connectivity index (χ0) is 10.8. The molecule has 1 atom stereocenters. The monoisotopic (exact) mass is 223 g/mol. The zero-order valence-electron chi connectivity index (χ0n) is 9.41. The third-order valence-corrected chi connectivity index (χ3v) is 4.31. The number of rotatable bonds is 2. The second kappa shape index (κ2) is 4.35. The summed E-state index contributed by atoms with van der Waals surface area (Å²) in [4.78, 5) is 1.30. The summed E-state index contributed by atoms with van der Waals surface area (Å²) < 4.78 is 5.23. The fraction of sp³-hybridized carbons (Fsp3) is 0.500. The minimum absolute atomic E-state index is 0.657. The molecule has 1 heterocycles. The Hall–Kier alpha value is -0.830. The van der Waals surface area contributed by atoms with E-state index in [1.54, 1.807) is 7.11 Å². The van der Waals surface area contributed by atoms with Gasteiger partial charge in [-0.1, -0.05) is 13.8 Å². The van der Waals surface area contributed by atoms with Gasteiger partial charge in [-0.2, -0.15) is 0 Å². The fourth-order valence-corrected chi connectivity index (χ4v) is 2.88. The predicted molar refractivity (Wildman–Crippen MR) is 66.0 cm³/mol. The Morgan fingerprint density at radius 1 is 1.47 bits per heavy atom. The second-order valence-electron chi connectivity index (χ2n) is 4.14. The van der Waals surface area contributed by atoms with E-state index in [2.05, 4.69) is 31.3 Å². The maximum absolute atomic E-state index is 5.23. The van der Waals surface area contributed by atoms with E-state index in [0.29, 0.717) is 11.2 Å². The lowest BCUT2D eigenvalue weighted by Crippen LogP contribution is -2.25. The van der Waals surface area contributed by atoms with E-state index < -0.39 is 0 Å². The van der Waals surface area contributed by atoms with Crippen molar-refractivity contribution < 1.29 is 4.74 Å². The minimum Gasteiger partial charge on any atom is -0.497 e. The van der Waals surface area contributed by atoms with Crippen LogP contribution in [-0.2, 0) is 0 Å². The number of hydrogen-bond donors (Lipinski definition) is 1. The molecule has 3 heteroatoms. The molecule has 0 aromatic heterocycles. The average Bonchev–Trinajstić information content (AvgIpc) is 2.27. The van der Waals surface area contributed by atoms with Gasteiger partial charge in [0.05, 0.1) is 7.11 Å². The molecule has 1 aromatic rings. The maximum atomic E-state index is 5.23. The van der Waals surface area contributed by atoms with E-state index in [1.165, 1.54) is 10.6 Å². The lowest BCUT2D eigenvalue weighted by atomic mass is 10.1. The molecule has 1 aliphatic rings. The molecule has 0 aliphatic carbocycles. The van der Waals surface area contributed by atoms with Crippen LogP contribution in [0.1, 0.15) is 13.8 Å². The van der Waals surface area contributed by atoms with Crippen LogP contribution >= 0.6 is 11.8 Å². The van der Waals surface area contributed by atoms with Crippen molar-refractivity contribution in [3.8, 4) is 5.75 Å². The van der Waals surface area contributed by atoms with Crippen LogP contribution in [0.5, 0.6) is 5.75 Å². The molecular weight excluding hydrogens is 206 g/mol. The lowest BCUT2D eigenvalue weighted by Gasteiger charge is -2.28. The van der Waals surface area contributed by atoms with Crippen molar-refractivity contribution in [2.45, 2.75) is 24.0 Å². The highest BCUT2D eigenvalue weighted by Crippen LogP contribution is 2.39. The standard InChI is InChI=1S/C12H17NOS/c1-8(2)12-7-13-10-5-4-9(14-3)6-11(10)15-12/h4-6,8,12-13H,7H2,1-3H3. The Morgan fingerprint density at radius 2 is 2.27 bits per heavy atom. The Morgan fingerprint density at radius 3 is 2.93 bits per heavy atom. The normalized spacial score (nSPS) is 19.6. The number of methoxy groups -OCH3 is 1. The Bertz CT molecular complexity index is 351. The fourth-order valence-electron chi connectivity index (χ4n) is 1.66. The van der Waals surface area contributed by atoms with Crippen LogP contribution < -0.4 is 10.1 Å². The molecule has 1 aromatic carbocycles. The van der Waals surface area contributed by atoms with Gasteiger partial charge in [0, 0.05) is 22.4 Å². The van der Waals surface area contributed by atoms with E-state index in [1.807, 2.05) is 17.8 Å².